The topological polar surface area (TPSA) is 139 Å². The number of hydrogen-bond acceptors (Lipinski definition) is 9. The van der Waals surface area contributed by atoms with Gasteiger partial charge >= 0.3 is 0 Å². The van der Waals surface area contributed by atoms with Crippen LogP contribution >= 0.6 is 0 Å². The lowest BCUT2D eigenvalue weighted by atomic mass is 10.1. The summed E-state index contributed by atoms with van der Waals surface area (Å²) in [4.78, 5) is 25.4. The van der Waals surface area contributed by atoms with Crippen molar-refractivity contribution in [2.45, 2.75) is 60.1 Å². The molecule has 2 aliphatic heterocycles. The predicted molar refractivity (Wildman–Crippen MR) is 143 cm³/mol. The third-order valence-electron chi connectivity index (χ3n) is 4.53. The highest BCUT2D eigenvalue weighted by molar-refractivity contribution is 5.93. The van der Waals surface area contributed by atoms with Crippen molar-refractivity contribution in [3.63, 3.8) is 0 Å². The van der Waals surface area contributed by atoms with Crippen molar-refractivity contribution in [2.75, 3.05) is 40.1 Å². The van der Waals surface area contributed by atoms with Crippen LogP contribution in [0.5, 0.6) is 0 Å². The lowest BCUT2D eigenvalue weighted by Crippen LogP contribution is -2.45. The van der Waals surface area contributed by atoms with Crippen LogP contribution in [-0.4, -0.2) is 81.5 Å². The number of likely N-dealkylation sites (N-methyl/N-ethyl adjacent to an activating group) is 1. The lowest BCUT2D eigenvalue weighted by molar-refractivity contribution is -0.122. The van der Waals surface area contributed by atoms with Crippen LogP contribution in [0.15, 0.2) is 29.3 Å². The van der Waals surface area contributed by atoms with E-state index >= 15 is 0 Å². The molecule has 3 atom stereocenters. The maximum Gasteiger partial charge on any atom is 0.239 e. The van der Waals surface area contributed by atoms with Gasteiger partial charge in [0, 0.05) is 39.1 Å². The molecule has 3 rings (SSSR count). The highest BCUT2D eigenvalue weighted by atomic mass is 16.5. The van der Waals surface area contributed by atoms with E-state index in [4.69, 9.17) is 15.3 Å². The number of carbonyl (C=O) groups excluding carboxylic acids is 2. The number of amides is 1. The number of amidine groups is 1. The van der Waals surface area contributed by atoms with Gasteiger partial charge in [0.2, 0.25) is 5.91 Å². The minimum absolute atomic E-state index is 0.0557. The number of nitrogens with one attached hydrogen (secondary N) is 2. The van der Waals surface area contributed by atoms with Gasteiger partial charge in [-0.1, -0.05) is 26.0 Å². The summed E-state index contributed by atoms with van der Waals surface area (Å²) in [6.07, 6.45) is 1.37. The predicted octanol–water partition coefficient (Wildman–Crippen LogP) is 2.16. The number of anilines is 1. The Bertz CT molecular complexity index is 792. The summed E-state index contributed by atoms with van der Waals surface area (Å²) < 4.78 is 9.50. The van der Waals surface area contributed by atoms with Crippen LogP contribution in [0.4, 0.5) is 5.69 Å². The number of nitrogens with two attached hydrogens (primary N) is 1. The second-order valence-electron chi connectivity index (χ2n) is 7.42. The molecule has 0 aliphatic carbocycles. The van der Waals surface area contributed by atoms with E-state index in [1.54, 1.807) is 34.3 Å². The van der Waals surface area contributed by atoms with Crippen LogP contribution < -0.4 is 16.4 Å². The zero-order valence-electron chi connectivity index (χ0n) is 22.7. The van der Waals surface area contributed by atoms with E-state index in [0.717, 1.165) is 17.7 Å². The minimum Gasteiger partial charge on any atom is -0.398 e. The first-order valence-electron chi connectivity index (χ1n) is 11.5. The molecule has 0 bridgehead atoms. The van der Waals surface area contributed by atoms with Crippen LogP contribution in [0, 0.1) is 6.92 Å². The Hall–Kier alpha value is -2.79. The standard InChI is InChI=1S/C15H20N4O2.C5H11NO.C2H6O.C2H6.CH2O/c1-9-4-5-11(12(16)6-9)13-7-15(21)19(10(2)18-13)8-14(20)17-3;1-4-3-6-5(2)7-4;1-3-2;2*1-2/h4-7,15,21H,8,16H2,1-3H3,(H,17,20);4-6H,3H2,1-2H3;1-2H3;1-2H3;1H2. The first-order chi connectivity index (χ1) is 16.6. The molecule has 1 saturated heterocycles. The minimum atomic E-state index is -0.907. The van der Waals surface area contributed by atoms with Gasteiger partial charge in [0.1, 0.15) is 31.6 Å². The summed E-state index contributed by atoms with van der Waals surface area (Å²) >= 11 is 0. The van der Waals surface area contributed by atoms with Crippen LogP contribution in [0.1, 0.15) is 45.7 Å². The molecule has 1 amide bonds. The molecule has 200 valence electrons. The monoisotopic (exact) mass is 495 g/mol. The molecule has 35 heavy (non-hydrogen) atoms. The number of carbonyl (C=O) groups is 2. The van der Waals surface area contributed by atoms with Crippen molar-refractivity contribution in [3.05, 3.63) is 35.4 Å². The number of ether oxygens (including phenoxy) is 2. The van der Waals surface area contributed by atoms with Crippen LogP contribution in [-0.2, 0) is 19.1 Å². The van der Waals surface area contributed by atoms with E-state index in [-0.39, 0.29) is 18.7 Å². The van der Waals surface area contributed by atoms with Gasteiger partial charge in [0.05, 0.1) is 11.8 Å². The lowest BCUT2D eigenvalue weighted by Gasteiger charge is -2.30. The molecule has 3 unspecified atom stereocenters. The fraction of sp³-hybridized carbons (Fsp3) is 0.560. The smallest absolute Gasteiger partial charge is 0.239 e. The molecule has 0 spiro atoms. The fourth-order valence-electron chi connectivity index (χ4n) is 2.98. The molecule has 2 aliphatic rings. The maximum absolute atomic E-state index is 11.5. The molecule has 0 aromatic heterocycles. The van der Waals surface area contributed by atoms with Gasteiger partial charge in [-0.3, -0.25) is 10.1 Å². The van der Waals surface area contributed by atoms with Gasteiger partial charge in [-0.25, -0.2) is 4.99 Å². The van der Waals surface area contributed by atoms with E-state index in [1.165, 1.54) is 4.90 Å². The number of rotatable bonds is 3. The van der Waals surface area contributed by atoms with Crippen LogP contribution in [0.3, 0.4) is 0 Å². The summed E-state index contributed by atoms with van der Waals surface area (Å²) in [6, 6.07) is 5.69. The van der Waals surface area contributed by atoms with E-state index in [2.05, 4.69) is 27.3 Å². The summed E-state index contributed by atoms with van der Waals surface area (Å²) in [5.41, 5.74) is 9.08. The molecule has 0 radical (unpaired) electrons. The Kier molecular flexibility index (Phi) is 19.2. The Morgan fingerprint density at radius 3 is 2.26 bits per heavy atom. The van der Waals surface area contributed by atoms with Crippen molar-refractivity contribution >= 4 is 29.9 Å². The highest BCUT2D eigenvalue weighted by Crippen LogP contribution is 2.27. The number of hydrogen-bond donors (Lipinski definition) is 4. The zero-order chi connectivity index (χ0) is 27.6. The molecule has 2 heterocycles. The van der Waals surface area contributed by atoms with Crippen molar-refractivity contribution < 1.29 is 24.2 Å². The number of methoxy groups -OCH3 is 1. The van der Waals surface area contributed by atoms with E-state index in [0.29, 0.717) is 23.3 Å². The maximum atomic E-state index is 11.5. The molecule has 5 N–H and O–H groups in total. The second kappa shape index (κ2) is 19.5. The number of benzene rings is 1. The van der Waals surface area contributed by atoms with Crippen molar-refractivity contribution in [3.8, 4) is 0 Å². The Labute approximate surface area is 210 Å². The number of aliphatic hydroxyl groups excluding tert-OH is 1. The van der Waals surface area contributed by atoms with Crippen molar-refractivity contribution in [2.24, 2.45) is 4.99 Å². The third-order valence-corrected chi connectivity index (χ3v) is 4.53. The number of aliphatic imine (C=N–C) groups is 1. The molecular formula is C25H45N5O5. The SMILES string of the molecule is C=O.CC.CC1CNC(C)O1.CNC(=O)CN1C(C)=NC(c2ccc(C)cc2N)=CC1O.COC. The van der Waals surface area contributed by atoms with Gasteiger partial charge in [0.15, 0.2) is 0 Å². The van der Waals surface area contributed by atoms with Gasteiger partial charge in [-0.2, -0.15) is 0 Å². The average molecular weight is 496 g/mol. The van der Waals surface area contributed by atoms with Gasteiger partial charge < -0.3 is 35.3 Å². The van der Waals surface area contributed by atoms with E-state index in [9.17, 15) is 9.90 Å². The van der Waals surface area contributed by atoms with E-state index < -0.39 is 6.23 Å². The Balaban J connectivity index is 0. The zero-order valence-corrected chi connectivity index (χ0v) is 22.7. The van der Waals surface area contributed by atoms with Gasteiger partial charge in [-0.05, 0) is 45.4 Å². The van der Waals surface area contributed by atoms with Gasteiger partial charge in [-0.15, -0.1) is 0 Å². The Morgan fingerprint density at radius 1 is 1.31 bits per heavy atom. The normalized spacial score (nSPS) is 20.1. The number of aryl methyl sites for hydroxylation is 1. The largest absolute Gasteiger partial charge is 0.398 e. The molecule has 1 aromatic rings. The average Bonchev–Trinajstić information content (AvgIpc) is 3.22. The summed E-state index contributed by atoms with van der Waals surface area (Å²) in [6.45, 7) is 14.9. The molecule has 10 nitrogen and oxygen atoms in total. The molecule has 10 heteroatoms. The quantitative estimate of drug-likeness (QED) is 0.468. The highest BCUT2D eigenvalue weighted by Gasteiger charge is 2.23. The number of aliphatic hydroxyl groups is 1. The van der Waals surface area contributed by atoms with Crippen molar-refractivity contribution in [1.29, 1.82) is 0 Å². The number of nitrogen functional groups attached to an aromatic ring is 1. The summed E-state index contributed by atoms with van der Waals surface area (Å²) in [5, 5.41) is 15.9. The first-order valence-corrected chi connectivity index (χ1v) is 11.5. The number of nitrogens with zero attached hydrogens (tertiary/aromatic N) is 2. The van der Waals surface area contributed by atoms with Crippen molar-refractivity contribution in [1.82, 2.24) is 15.5 Å². The molecule has 1 aromatic carbocycles. The molecule has 1 fully saturated rings. The molecule has 0 saturated carbocycles. The second-order valence-corrected chi connectivity index (χ2v) is 7.42. The third kappa shape index (κ3) is 13.0. The van der Waals surface area contributed by atoms with Crippen LogP contribution in [0.2, 0.25) is 0 Å². The van der Waals surface area contributed by atoms with E-state index in [1.807, 2.05) is 52.7 Å². The fourth-order valence-corrected chi connectivity index (χ4v) is 2.98. The summed E-state index contributed by atoms with van der Waals surface area (Å²) in [7, 11) is 4.80. The molecular weight excluding hydrogens is 450 g/mol. The first kappa shape index (κ1) is 34.4. The van der Waals surface area contributed by atoms with Crippen LogP contribution in [0.25, 0.3) is 5.70 Å². The van der Waals surface area contributed by atoms with Gasteiger partial charge in [0.25, 0.3) is 0 Å². The summed E-state index contributed by atoms with van der Waals surface area (Å²) in [5.74, 6) is 0.388. The Morgan fingerprint density at radius 2 is 1.89 bits per heavy atom.